The molecule has 21 heavy (non-hydrogen) atoms. The number of carbonyl (C=O) groups excluding carboxylic acids is 2. The van der Waals surface area contributed by atoms with E-state index in [9.17, 15) is 9.59 Å². The molecule has 0 aromatic carbocycles. The Morgan fingerprint density at radius 3 is 1.81 bits per heavy atom. The number of nitrogens with zero attached hydrogens (tertiary/aromatic N) is 2. The molecule has 1 aliphatic rings. The third kappa shape index (κ3) is 6.72. The molecule has 0 aromatic rings. The molecule has 0 spiro atoms. The molecule has 1 rings (SSSR count). The normalized spacial score (nSPS) is 15.9. The summed E-state index contributed by atoms with van der Waals surface area (Å²) in [6.07, 6.45) is 9.34. The van der Waals surface area contributed by atoms with E-state index in [1.807, 2.05) is 6.92 Å². The lowest BCUT2D eigenvalue weighted by Gasteiger charge is -2.33. The summed E-state index contributed by atoms with van der Waals surface area (Å²) < 4.78 is 0. The summed E-state index contributed by atoms with van der Waals surface area (Å²) in [6.45, 7) is 4.86. The maximum absolute atomic E-state index is 12.0. The van der Waals surface area contributed by atoms with Crippen molar-refractivity contribution in [2.45, 2.75) is 58.3 Å². The van der Waals surface area contributed by atoms with Crippen LogP contribution in [0.15, 0.2) is 0 Å². The van der Waals surface area contributed by atoms with Gasteiger partial charge in [0.2, 0.25) is 0 Å². The Morgan fingerprint density at radius 2 is 1.29 bits per heavy atom. The topological polar surface area (TPSA) is 40.6 Å². The van der Waals surface area contributed by atoms with Gasteiger partial charge >= 0.3 is 11.8 Å². The van der Waals surface area contributed by atoms with E-state index in [2.05, 4.69) is 12.6 Å². The predicted molar refractivity (Wildman–Crippen MR) is 89.6 cm³/mol. The average Bonchev–Trinajstić information content (AvgIpc) is 2.49. The number of piperazine rings is 1. The van der Waals surface area contributed by atoms with E-state index in [4.69, 9.17) is 0 Å². The Hall–Kier alpha value is -0.710. The molecule has 5 heteroatoms. The lowest BCUT2D eigenvalue weighted by atomic mass is 10.1. The second-order valence-electron chi connectivity index (χ2n) is 5.78. The quantitative estimate of drug-likeness (QED) is 0.362. The third-order valence-corrected chi connectivity index (χ3v) is 4.29. The zero-order chi connectivity index (χ0) is 15.5. The standard InChI is InChI=1S/C16H30N2O2S/c1-2-10-17-12-13-18(16(20)15(17)19)11-8-6-4-3-5-7-9-14-21/h21H,2-14H2,1H3. The van der Waals surface area contributed by atoms with Crippen LogP contribution in [0.4, 0.5) is 0 Å². The first kappa shape index (κ1) is 18.3. The largest absolute Gasteiger partial charge is 0.333 e. The lowest BCUT2D eigenvalue weighted by molar-refractivity contribution is -0.156. The zero-order valence-corrected chi connectivity index (χ0v) is 14.2. The van der Waals surface area contributed by atoms with E-state index in [0.29, 0.717) is 19.6 Å². The highest BCUT2D eigenvalue weighted by atomic mass is 32.1. The maximum Gasteiger partial charge on any atom is 0.312 e. The van der Waals surface area contributed by atoms with Crippen molar-refractivity contribution < 1.29 is 9.59 Å². The van der Waals surface area contributed by atoms with Crippen molar-refractivity contribution in [3.05, 3.63) is 0 Å². The molecular formula is C16H30N2O2S. The number of thiol groups is 1. The highest BCUT2D eigenvalue weighted by Gasteiger charge is 2.31. The van der Waals surface area contributed by atoms with Crippen LogP contribution in [0.25, 0.3) is 0 Å². The molecule has 122 valence electrons. The molecule has 1 saturated heterocycles. The summed E-state index contributed by atoms with van der Waals surface area (Å²) in [5.74, 6) is 0.374. The molecule has 1 aliphatic heterocycles. The summed E-state index contributed by atoms with van der Waals surface area (Å²) in [5.41, 5.74) is 0. The highest BCUT2D eigenvalue weighted by Crippen LogP contribution is 2.10. The van der Waals surface area contributed by atoms with Crippen molar-refractivity contribution in [3.8, 4) is 0 Å². The van der Waals surface area contributed by atoms with Crippen molar-refractivity contribution in [3.63, 3.8) is 0 Å². The number of hydrogen-bond donors (Lipinski definition) is 1. The van der Waals surface area contributed by atoms with E-state index < -0.39 is 0 Å². The first-order valence-corrected chi connectivity index (χ1v) is 9.03. The molecule has 0 unspecified atom stereocenters. The molecule has 0 aliphatic carbocycles. The van der Waals surface area contributed by atoms with Crippen molar-refractivity contribution in [1.29, 1.82) is 0 Å². The van der Waals surface area contributed by atoms with Crippen molar-refractivity contribution in [2.24, 2.45) is 0 Å². The van der Waals surface area contributed by atoms with Crippen LogP contribution in [-0.2, 0) is 9.59 Å². The second-order valence-corrected chi connectivity index (χ2v) is 6.23. The predicted octanol–water partition coefficient (Wildman–Crippen LogP) is 2.73. The molecule has 0 saturated carbocycles. The van der Waals surface area contributed by atoms with Crippen LogP contribution < -0.4 is 0 Å². The van der Waals surface area contributed by atoms with Gasteiger partial charge in [-0.25, -0.2) is 0 Å². The van der Waals surface area contributed by atoms with Crippen LogP contribution in [-0.4, -0.2) is 53.5 Å². The van der Waals surface area contributed by atoms with E-state index in [0.717, 1.165) is 31.6 Å². The van der Waals surface area contributed by atoms with Gasteiger partial charge in [0.05, 0.1) is 0 Å². The van der Waals surface area contributed by atoms with Gasteiger partial charge in [0.15, 0.2) is 0 Å². The van der Waals surface area contributed by atoms with Gasteiger partial charge in [-0.05, 0) is 25.0 Å². The smallest absolute Gasteiger partial charge is 0.312 e. The van der Waals surface area contributed by atoms with Gasteiger partial charge in [0.1, 0.15) is 0 Å². The number of hydrogen-bond acceptors (Lipinski definition) is 3. The summed E-state index contributed by atoms with van der Waals surface area (Å²) in [4.78, 5) is 27.3. The molecule has 4 nitrogen and oxygen atoms in total. The van der Waals surface area contributed by atoms with Gasteiger partial charge in [0, 0.05) is 26.2 Å². The van der Waals surface area contributed by atoms with Gasteiger partial charge in [0.25, 0.3) is 0 Å². The fourth-order valence-electron chi connectivity index (χ4n) is 2.71. The van der Waals surface area contributed by atoms with Crippen LogP contribution in [0, 0.1) is 0 Å². The van der Waals surface area contributed by atoms with Gasteiger partial charge in [-0.3, -0.25) is 9.59 Å². The van der Waals surface area contributed by atoms with Crippen LogP contribution in [0.2, 0.25) is 0 Å². The van der Waals surface area contributed by atoms with Crippen LogP contribution in [0.5, 0.6) is 0 Å². The Labute approximate surface area is 134 Å². The van der Waals surface area contributed by atoms with Crippen molar-refractivity contribution in [1.82, 2.24) is 9.80 Å². The van der Waals surface area contributed by atoms with Gasteiger partial charge in [-0.2, -0.15) is 12.6 Å². The van der Waals surface area contributed by atoms with Crippen LogP contribution in [0.3, 0.4) is 0 Å². The fraction of sp³-hybridized carbons (Fsp3) is 0.875. The number of rotatable bonds is 11. The minimum absolute atomic E-state index is 0.302. The van der Waals surface area contributed by atoms with E-state index in [1.54, 1.807) is 9.80 Å². The van der Waals surface area contributed by atoms with Gasteiger partial charge in [-0.15, -0.1) is 0 Å². The molecule has 0 radical (unpaired) electrons. The summed E-state index contributed by atoms with van der Waals surface area (Å²) in [6, 6.07) is 0. The molecule has 0 aromatic heterocycles. The Balaban J connectivity index is 2.10. The monoisotopic (exact) mass is 314 g/mol. The Kier molecular flexibility index (Phi) is 9.55. The molecule has 2 amide bonds. The fourth-order valence-corrected chi connectivity index (χ4v) is 2.93. The van der Waals surface area contributed by atoms with Crippen LogP contribution in [0.1, 0.15) is 58.3 Å². The summed E-state index contributed by atoms with van der Waals surface area (Å²) in [5, 5.41) is 0. The number of unbranched alkanes of at least 4 members (excludes halogenated alkanes) is 6. The molecule has 1 heterocycles. The number of amides is 2. The zero-order valence-electron chi connectivity index (χ0n) is 13.4. The SMILES string of the molecule is CCCN1CCN(CCCCCCCCCS)C(=O)C1=O. The van der Waals surface area contributed by atoms with E-state index in [-0.39, 0.29) is 11.8 Å². The van der Waals surface area contributed by atoms with E-state index in [1.165, 1.54) is 32.1 Å². The summed E-state index contributed by atoms with van der Waals surface area (Å²) in [7, 11) is 0. The van der Waals surface area contributed by atoms with Crippen molar-refractivity contribution in [2.75, 3.05) is 31.9 Å². The Morgan fingerprint density at radius 1 is 0.810 bits per heavy atom. The second kappa shape index (κ2) is 10.9. The number of carbonyl (C=O) groups is 2. The minimum Gasteiger partial charge on any atom is -0.333 e. The molecule has 0 N–H and O–H groups in total. The molecule has 1 fully saturated rings. The first-order valence-electron chi connectivity index (χ1n) is 8.39. The Bertz CT molecular complexity index is 323. The first-order chi connectivity index (χ1) is 10.2. The van der Waals surface area contributed by atoms with Gasteiger partial charge in [-0.1, -0.05) is 39.0 Å². The lowest BCUT2D eigenvalue weighted by Crippen LogP contribution is -2.54. The molecule has 0 bridgehead atoms. The van der Waals surface area contributed by atoms with E-state index >= 15 is 0 Å². The van der Waals surface area contributed by atoms with Gasteiger partial charge < -0.3 is 9.80 Å². The maximum atomic E-state index is 12.0. The highest BCUT2D eigenvalue weighted by molar-refractivity contribution is 7.80. The van der Waals surface area contributed by atoms with Crippen LogP contribution >= 0.6 is 12.6 Å². The molecular weight excluding hydrogens is 284 g/mol. The van der Waals surface area contributed by atoms with Crippen molar-refractivity contribution >= 4 is 24.4 Å². The summed E-state index contributed by atoms with van der Waals surface area (Å²) >= 11 is 4.20. The average molecular weight is 314 g/mol. The molecule has 0 atom stereocenters. The third-order valence-electron chi connectivity index (χ3n) is 3.98. The minimum atomic E-state index is -0.310.